The number of nitro benzene ring substituents is 1. The van der Waals surface area contributed by atoms with E-state index in [0.29, 0.717) is 11.4 Å². The van der Waals surface area contributed by atoms with Gasteiger partial charge >= 0.3 is 5.69 Å². The van der Waals surface area contributed by atoms with Gasteiger partial charge in [0.05, 0.1) is 16.7 Å². The number of rotatable bonds is 4. The quantitative estimate of drug-likeness (QED) is 0.664. The molecule has 1 fully saturated rings. The van der Waals surface area contributed by atoms with E-state index in [0.717, 1.165) is 25.1 Å². The highest BCUT2D eigenvalue weighted by Gasteiger charge is 2.29. The number of aromatic nitrogens is 2. The lowest BCUT2D eigenvalue weighted by atomic mass is 9.82. The second-order valence-electron chi connectivity index (χ2n) is 5.19. The number of anilines is 1. The highest BCUT2D eigenvalue weighted by molar-refractivity contribution is 5.93. The lowest BCUT2D eigenvalue weighted by Gasteiger charge is -2.35. The summed E-state index contributed by atoms with van der Waals surface area (Å²) in [5.74, 6) is 0.431. The van der Waals surface area contributed by atoms with Gasteiger partial charge in [0.15, 0.2) is 5.52 Å². The van der Waals surface area contributed by atoms with Gasteiger partial charge in [0.1, 0.15) is 0 Å². The molecule has 0 aliphatic heterocycles. The summed E-state index contributed by atoms with van der Waals surface area (Å²) in [4.78, 5) is 12.4. The molecule has 0 radical (unpaired) electrons. The number of nitro groups is 1. The lowest BCUT2D eigenvalue weighted by Crippen LogP contribution is -2.37. The fraction of sp³-hybridized carbons (Fsp3) is 0.500. The summed E-state index contributed by atoms with van der Waals surface area (Å²) in [5.41, 5.74) is 1.18. The average Bonchev–Trinajstić information content (AvgIpc) is 2.84. The number of aliphatic hydroxyl groups excluding tert-OH is 1. The SMILES string of the molecule is CN(CC1CC(O)C1)c1ccc([N+](=O)[O-])c2nonc12. The number of non-ortho nitro benzene ring substituents is 1. The van der Waals surface area contributed by atoms with Crippen LogP contribution in [-0.4, -0.2) is 40.0 Å². The maximum atomic E-state index is 10.9. The molecule has 0 atom stereocenters. The fourth-order valence-corrected chi connectivity index (χ4v) is 2.63. The lowest BCUT2D eigenvalue weighted by molar-refractivity contribution is -0.383. The largest absolute Gasteiger partial charge is 0.393 e. The van der Waals surface area contributed by atoms with Crippen molar-refractivity contribution < 1.29 is 14.7 Å². The van der Waals surface area contributed by atoms with Crippen LogP contribution in [0.4, 0.5) is 11.4 Å². The fourth-order valence-electron chi connectivity index (χ4n) is 2.63. The van der Waals surface area contributed by atoms with Crippen LogP contribution in [0, 0.1) is 16.0 Å². The number of benzene rings is 1. The summed E-state index contributed by atoms with van der Waals surface area (Å²) in [6, 6.07) is 3.06. The molecule has 20 heavy (non-hydrogen) atoms. The van der Waals surface area contributed by atoms with Crippen LogP contribution < -0.4 is 4.90 Å². The Labute approximate surface area is 114 Å². The van der Waals surface area contributed by atoms with Gasteiger partial charge in [-0.1, -0.05) is 0 Å². The van der Waals surface area contributed by atoms with Gasteiger partial charge in [-0.15, -0.1) is 0 Å². The van der Waals surface area contributed by atoms with Crippen molar-refractivity contribution in [2.45, 2.75) is 18.9 Å². The Bertz CT molecular complexity index is 650. The van der Waals surface area contributed by atoms with Gasteiger partial charge in [0, 0.05) is 19.7 Å². The van der Waals surface area contributed by atoms with E-state index >= 15 is 0 Å². The molecular formula is C12H14N4O4. The van der Waals surface area contributed by atoms with Gasteiger partial charge in [-0.2, -0.15) is 0 Å². The normalized spacial score (nSPS) is 21.7. The number of hydrogen-bond donors (Lipinski definition) is 1. The molecule has 8 heteroatoms. The molecule has 0 unspecified atom stereocenters. The van der Waals surface area contributed by atoms with E-state index < -0.39 is 4.92 Å². The number of hydrogen-bond acceptors (Lipinski definition) is 7. The molecule has 3 rings (SSSR count). The molecule has 106 valence electrons. The summed E-state index contributed by atoms with van der Waals surface area (Å²) in [6.45, 7) is 0.761. The van der Waals surface area contributed by atoms with Crippen molar-refractivity contribution in [3.05, 3.63) is 22.2 Å². The highest BCUT2D eigenvalue weighted by atomic mass is 16.6. The van der Waals surface area contributed by atoms with Gasteiger partial charge in [-0.25, -0.2) is 4.63 Å². The van der Waals surface area contributed by atoms with Crippen LogP contribution in [0.25, 0.3) is 11.0 Å². The van der Waals surface area contributed by atoms with E-state index in [2.05, 4.69) is 14.9 Å². The van der Waals surface area contributed by atoms with E-state index in [1.165, 1.54) is 6.07 Å². The van der Waals surface area contributed by atoms with Crippen molar-refractivity contribution in [2.24, 2.45) is 5.92 Å². The van der Waals surface area contributed by atoms with Crippen LogP contribution in [0.15, 0.2) is 16.8 Å². The minimum Gasteiger partial charge on any atom is -0.393 e. The predicted molar refractivity (Wildman–Crippen MR) is 70.5 cm³/mol. The first-order valence-electron chi connectivity index (χ1n) is 6.35. The monoisotopic (exact) mass is 278 g/mol. The number of aliphatic hydroxyl groups is 1. The summed E-state index contributed by atoms with van der Waals surface area (Å²) < 4.78 is 4.64. The van der Waals surface area contributed by atoms with Crippen LogP contribution in [0.2, 0.25) is 0 Å². The third kappa shape index (κ3) is 2.07. The standard InChI is InChI=1S/C12H14N4O4/c1-15(6-7-4-8(17)5-7)9-2-3-10(16(18)19)12-11(9)13-20-14-12/h2-3,7-8,17H,4-6H2,1H3. The van der Waals surface area contributed by atoms with E-state index in [9.17, 15) is 15.2 Å². The Balaban J connectivity index is 1.90. The van der Waals surface area contributed by atoms with Gasteiger partial charge in [0.2, 0.25) is 5.52 Å². The molecule has 0 spiro atoms. The van der Waals surface area contributed by atoms with Crippen LogP contribution in [-0.2, 0) is 0 Å². The zero-order valence-electron chi connectivity index (χ0n) is 10.9. The predicted octanol–water partition coefficient (Wildman–Crippen LogP) is 1.34. The number of nitrogens with zero attached hydrogens (tertiary/aromatic N) is 4. The van der Waals surface area contributed by atoms with Crippen molar-refractivity contribution in [2.75, 3.05) is 18.5 Å². The Morgan fingerprint density at radius 1 is 1.45 bits per heavy atom. The molecule has 1 aromatic heterocycles. The topological polar surface area (TPSA) is 106 Å². The van der Waals surface area contributed by atoms with Crippen molar-refractivity contribution in [3.8, 4) is 0 Å². The summed E-state index contributed by atoms with van der Waals surface area (Å²) >= 11 is 0. The summed E-state index contributed by atoms with van der Waals surface area (Å²) in [5, 5.41) is 27.6. The zero-order valence-corrected chi connectivity index (χ0v) is 10.9. The molecule has 1 N–H and O–H groups in total. The van der Waals surface area contributed by atoms with Crippen molar-refractivity contribution >= 4 is 22.4 Å². The molecule has 1 saturated carbocycles. The molecule has 1 aliphatic carbocycles. The van der Waals surface area contributed by atoms with Crippen LogP contribution in [0.1, 0.15) is 12.8 Å². The molecule has 2 aromatic rings. The first-order chi connectivity index (χ1) is 9.56. The minimum atomic E-state index is -0.501. The molecule has 0 amide bonds. The molecule has 1 aliphatic rings. The van der Waals surface area contributed by atoms with Crippen molar-refractivity contribution in [1.82, 2.24) is 10.3 Å². The van der Waals surface area contributed by atoms with E-state index in [1.54, 1.807) is 6.07 Å². The summed E-state index contributed by atoms with van der Waals surface area (Å²) in [6.07, 6.45) is 1.38. The minimum absolute atomic E-state index is 0.113. The van der Waals surface area contributed by atoms with E-state index in [1.807, 2.05) is 11.9 Å². The van der Waals surface area contributed by atoms with Gasteiger partial charge < -0.3 is 10.0 Å². The molecular weight excluding hydrogens is 264 g/mol. The van der Waals surface area contributed by atoms with E-state index in [4.69, 9.17) is 0 Å². The maximum Gasteiger partial charge on any atom is 0.300 e. The Morgan fingerprint density at radius 2 is 2.15 bits per heavy atom. The second-order valence-corrected chi connectivity index (χ2v) is 5.19. The smallest absolute Gasteiger partial charge is 0.300 e. The van der Waals surface area contributed by atoms with Crippen LogP contribution in [0.5, 0.6) is 0 Å². The first kappa shape index (κ1) is 12.8. The molecule has 1 heterocycles. The van der Waals surface area contributed by atoms with Crippen LogP contribution in [0.3, 0.4) is 0 Å². The summed E-state index contributed by atoms with van der Waals surface area (Å²) in [7, 11) is 1.89. The average molecular weight is 278 g/mol. The third-order valence-electron chi connectivity index (χ3n) is 3.72. The van der Waals surface area contributed by atoms with Gasteiger partial charge in [-0.05, 0) is 35.1 Å². The van der Waals surface area contributed by atoms with Crippen LogP contribution >= 0.6 is 0 Å². The van der Waals surface area contributed by atoms with Crippen molar-refractivity contribution in [3.63, 3.8) is 0 Å². The molecule has 0 bridgehead atoms. The highest BCUT2D eigenvalue weighted by Crippen LogP contribution is 2.33. The second kappa shape index (κ2) is 4.71. The van der Waals surface area contributed by atoms with Crippen molar-refractivity contribution in [1.29, 1.82) is 0 Å². The first-order valence-corrected chi connectivity index (χ1v) is 6.35. The Kier molecular flexibility index (Phi) is 3.01. The van der Waals surface area contributed by atoms with Gasteiger partial charge in [-0.3, -0.25) is 10.1 Å². The Morgan fingerprint density at radius 3 is 2.80 bits per heavy atom. The van der Waals surface area contributed by atoms with E-state index in [-0.39, 0.29) is 17.3 Å². The number of fused-ring (bicyclic) bond motifs is 1. The molecule has 0 saturated heterocycles. The molecule has 1 aromatic carbocycles. The third-order valence-corrected chi connectivity index (χ3v) is 3.72. The zero-order chi connectivity index (χ0) is 14.3. The Hall–Kier alpha value is -2.22. The van der Waals surface area contributed by atoms with Gasteiger partial charge in [0.25, 0.3) is 0 Å². The maximum absolute atomic E-state index is 10.9. The molecule has 8 nitrogen and oxygen atoms in total.